The number of hydrogen-bond donors (Lipinski definition) is 0. The standard InChI is InChI=1S/C14H25N3O3S/c1-4-13-9-15-14(20-13)11-16(2)12-5-6-17(10-12)7-8-21(3,18)19/h9,12H,4-8,10-11H2,1-3H3/t12-/m0/s1. The van der Waals surface area contributed by atoms with Gasteiger partial charge in [-0.3, -0.25) is 4.90 Å². The minimum Gasteiger partial charge on any atom is -0.444 e. The fraction of sp³-hybridized carbons (Fsp3) is 0.786. The minimum atomic E-state index is -2.88. The lowest BCUT2D eigenvalue weighted by molar-refractivity contribution is 0.207. The summed E-state index contributed by atoms with van der Waals surface area (Å²) in [6, 6.07) is 0.432. The SMILES string of the molecule is CCc1cnc(CN(C)[C@H]2CCN(CCS(C)(=O)=O)C2)o1. The third kappa shape index (κ3) is 5.09. The molecule has 7 heteroatoms. The molecule has 1 saturated heterocycles. The molecule has 2 rings (SSSR count). The van der Waals surface area contributed by atoms with Crippen LogP contribution in [0.3, 0.4) is 0 Å². The molecule has 21 heavy (non-hydrogen) atoms. The van der Waals surface area contributed by atoms with Gasteiger partial charge in [-0.05, 0) is 20.0 Å². The predicted octanol–water partition coefficient (Wildman–Crippen LogP) is 0.788. The van der Waals surface area contributed by atoms with Crippen LogP contribution in [0, 0.1) is 0 Å². The number of aromatic nitrogens is 1. The van der Waals surface area contributed by atoms with Crippen LogP contribution in [-0.2, 0) is 22.8 Å². The molecule has 2 heterocycles. The molecule has 1 aromatic heterocycles. The summed E-state index contributed by atoms with van der Waals surface area (Å²) in [5.74, 6) is 1.91. The van der Waals surface area contributed by atoms with E-state index in [0.29, 0.717) is 19.1 Å². The van der Waals surface area contributed by atoms with Gasteiger partial charge in [0.05, 0.1) is 18.5 Å². The van der Waals surface area contributed by atoms with E-state index in [4.69, 9.17) is 4.42 Å². The second-order valence-electron chi connectivity index (χ2n) is 5.86. The zero-order chi connectivity index (χ0) is 15.5. The van der Waals surface area contributed by atoms with Crippen molar-refractivity contribution in [1.82, 2.24) is 14.8 Å². The van der Waals surface area contributed by atoms with Crippen LogP contribution in [0.15, 0.2) is 10.6 Å². The Morgan fingerprint density at radius 2 is 2.29 bits per heavy atom. The molecule has 0 saturated carbocycles. The third-order valence-electron chi connectivity index (χ3n) is 3.98. The Labute approximate surface area is 127 Å². The average molecular weight is 315 g/mol. The number of likely N-dealkylation sites (N-methyl/N-ethyl adjacent to an activating group) is 1. The highest BCUT2D eigenvalue weighted by molar-refractivity contribution is 7.90. The average Bonchev–Trinajstić information content (AvgIpc) is 3.04. The summed E-state index contributed by atoms with van der Waals surface area (Å²) in [6.45, 7) is 5.24. The monoisotopic (exact) mass is 315 g/mol. The number of nitrogens with zero attached hydrogens (tertiary/aromatic N) is 3. The van der Waals surface area contributed by atoms with E-state index in [0.717, 1.165) is 37.6 Å². The zero-order valence-electron chi connectivity index (χ0n) is 13.1. The topological polar surface area (TPSA) is 66.7 Å². The molecule has 1 aromatic rings. The maximum Gasteiger partial charge on any atom is 0.208 e. The van der Waals surface area contributed by atoms with E-state index < -0.39 is 9.84 Å². The highest BCUT2D eigenvalue weighted by Crippen LogP contribution is 2.17. The molecule has 0 aliphatic carbocycles. The molecule has 0 aromatic carbocycles. The second-order valence-corrected chi connectivity index (χ2v) is 8.12. The Bertz CT molecular complexity index is 556. The second kappa shape index (κ2) is 6.89. The number of likely N-dealkylation sites (tertiary alicyclic amines) is 1. The van der Waals surface area contributed by atoms with Crippen LogP contribution in [0.4, 0.5) is 0 Å². The molecule has 1 fully saturated rings. The first-order valence-electron chi connectivity index (χ1n) is 7.41. The highest BCUT2D eigenvalue weighted by atomic mass is 32.2. The quantitative estimate of drug-likeness (QED) is 0.741. The summed E-state index contributed by atoms with van der Waals surface area (Å²) in [6.07, 6.45) is 5.00. The first-order valence-corrected chi connectivity index (χ1v) is 9.47. The van der Waals surface area contributed by atoms with Gasteiger partial charge in [0, 0.05) is 31.8 Å². The van der Waals surface area contributed by atoms with E-state index in [9.17, 15) is 8.42 Å². The van der Waals surface area contributed by atoms with Gasteiger partial charge in [0.25, 0.3) is 0 Å². The van der Waals surface area contributed by atoms with Gasteiger partial charge in [-0.15, -0.1) is 0 Å². The fourth-order valence-electron chi connectivity index (χ4n) is 2.60. The summed E-state index contributed by atoms with van der Waals surface area (Å²) in [5, 5.41) is 0. The van der Waals surface area contributed by atoms with Crippen LogP contribution in [0.2, 0.25) is 0 Å². The first kappa shape index (κ1) is 16.5. The fourth-order valence-corrected chi connectivity index (χ4v) is 3.19. The molecule has 120 valence electrons. The van der Waals surface area contributed by atoms with Crippen molar-refractivity contribution in [2.75, 3.05) is 38.7 Å². The zero-order valence-corrected chi connectivity index (χ0v) is 13.9. The van der Waals surface area contributed by atoms with Gasteiger partial charge in [0.2, 0.25) is 5.89 Å². The van der Waals surface area contributed by atoms with Crippen molar-refractivity contribution < 1.29 is 12.8 Å². The lowest BCUT2D eigenvalue weighted by Gasteiger charge is -2.23. The van der Waals surface area contributed by atoms with E-state index in [-0.39, 0.29) is 5.75 Å². The smallest absolute Gasteiger partial charge is 0.208 e. The maximum absolute atomic E-state index is 11.2. The van der Waals surface area contributed by atoms with Gasteiger partial charge in [0.1, 0.15) is 15.6 Å². The molecule has 6 nitrogen and oxygen atoms in total. The number of rotatable bonds is 7. The summed E-state index contributed by atoms with van der Waals surface area (Å²) >= 11 is 0. The maximum atomic E-state index is 11.2. The summed E-state index contributed by atoms with van der Waals surface area (Å²) in [7, 11) is -0.808. The minimum absolute atomic E-state index is 0.239. The van der Waals surface area contributed by atoms with Crippen molar-refractivity contribution >= 4 is 9.84 Å². The van der Waals surface area contributed by atoms with Crippen LogP contribution in [0.1, 0.15) is 25.0 Å². The summed E-state index contributed by atoms with van der Waals surface area (Å²) in [5.41, 5.74) is 0. The van der Waals surface area contributed by atoms with E-state index in [2.05, 4.69) is 21.8 Å². The van der Waals surface area contributed by atoms with Crippen molar-refractivity contribution in [2.45, 2.75) is 32.4 Å². The van der Waals surface area contributed by atoms with Crippen molar-refractivity contribution in [3.63, 3.8) is 0 Å². The van der Waals surface area contributed by atoms with E-state index in [1.165, 1.54) is 6.26 Å². The largest absolute Gasteiger partial charge is 0.444 e. The Morgan fingerprint density at radius 3 is 2.90 bits per heavy atom. The number of hydrogen-bond acceptors (Lipinski definition) is 6. The van der Waals surface area contributed by atoms with Crippen molar-refractivity contribution in [2.24, 2.45) is 0 Å². The molecular weight excluding hydrogens is 290 g/mol. The Hall–Kier alpha value is -0.920. The Balaban J connectivity index is 1.80. The van der Waals surface area contributed by atoms with E-state index in [1.54, 1.807) is 6.20 Å². The highest BCUT2D eigenvalue weighted by Gasteiger charge is 2.26. The number of oxazole rings is 1. The van der Waals surface area contributed by atoms with Crippen LogP contribution in [-0.4, -0.2) is 67.9 Å². The number of sulfone groups is 1. The van der Waals surface area contributed by atoms with Crippen LogP contribution in [0.25, 0.3) is 0 Å². The molecule has 1 aliphatic heterocycles. The molecule has 0 bridgehead atoms. The normalized spacial score (nSPS) is 20.5. The Kier molecular flexibility index (Phi) is 5.40. The van der Waals surface area contributed by atoms with E-state index >= 15 is 0 Å². The molecule has 0 unspecified atom stereocenters. The Morgan fingerprint density at radius 1 is 1.52 bits per heavy atom. The van der Waals surface area contributed by atoms with Crippen LogP contribution >= 0.6 is 0 Å². The van der Waals surface area contributed by atoms with Crippen LogP contribution in [0.5, 0.6) is 0 Å². The molecule has 0 amide bonds. The summed E-state index contributed by atoms with van der Waals surface area (Å²) in [4.78, 5) is 8.74. The van der Waals surface area contributed by atoms with Gasteiger partial charge in [-0.25, -0.2) is 13.4 Å². The first-order chi connectivity index (χ1) is 9.87. The van der Waals surface area contributed by atoms with Gasteiger partial charge < -0.3 is 9.32 Å². The third-order valence-corrected chi connectivity index (χ3v) is 4.91. The van der Waals surface area contributed by atoms with Gasteiger partial charge in [0.15, 0.2) is 0 Å². The lowest BCUT2D eigenvalue weighted by atomic mass is 10.2. The predicted molar refractivity (Wildman–Crippen MR) is 81.9 cm³/mol. The molecule has 0 spiro atoms. The van der Waals surface area contributed by atoms with Gasteiger partial charge in [-0.2, -0.15) is 0 Å². The van der Waals surface area contributed by atoms with Gasteiger partial charge in [-0.1, -0.05) is 6.92 Å². The molecule has 1 aliphatic rings. The number of aryl methyl sites for hydroxylation is 1. The molecule has 0 radical (unpaired) electrons. The van der Waals surface area contributed by atoms with Crippen molar-refractivity contribution in [1.29, 1.82) is 0 Å². The van der Waals surface area contributed by atoms with Gasteiger partial charge >= 0.3 is 0 Å². The van der Waals surface area contributed by atoms with E-state index in [1.807, 2.05) is 6.92 Å². The van der Waals surface area contributed by atoms with Crippen molar-refractivity contribution in [3.8, 4) is 0 Å². The van der Waals surface area contributed by atoms with Crippen molar-refractivity contribution in [3.05, 3.63) is 17.8 Å². The summed E-state index contributed by atoms with van der Waals surface area (Å²) < 4.78 is 28.1. The molecule has 1 atom stereocenters. The van der Waals surface area contributed by atoms with Crippen LogP contribution < -0.4 is 0 Å². The molecule has 0 N–H and O–H groups in total. The molecular formula is C14H25N3O3S. The lowest BCUT2D eigenvalue weighted by Crippen LogP contribution is -2.35.